The van der Waals surface area contributed by atoms with E-state index < -0.39 is 0 Å². The molecular formula is C43H45N3. The molecule has 4 aromatic rings. The van der Waals surface area contributed by atoms with Crippen LogP contribution < -0.4 is 10.7 Å². The van der Waals surface area contributed by atoms with Crippen LogP contribution >= 0.6 is 0 Å². The second kappa shape index (κ2) is 14.0. The summed E-state index contributed by atoms with van der Waals surface area (Å²) in [7, 11) is 1.86. The van der Waals surface area contributed by atoms with Crippen LogP contribution in [0.4, 0.5) is 0 Å². The van der Waals surface area contributed by atoms with Gasteiger partial charge in [-0.3, -0.25) is 0 Å². The maximum atomic E-state index is 4.74. The topological polar surface area (TPSA) is 36.4 Å². The van der Waals surface area contributed by atoms with E-state index in [2.05, 4.69) is 171 Å². The lowest BCUT2D eigenvalue weighted by Crippen LogP contribution is -2.32. The fourth-order valence-electron chi connectivity index (χ4n) is 6.61. The number of amidine groups is 1. The van der Waals surface area contributed by atoms with Crippen LogP contribution in [-0.4, -0.2) is 12.9 Å². The molecule has 2 unspecified atom stereocenters. The highest BCUT2D eigenvalue weighted by molar-refractivity contribution is 6.00. The highest BCUT2D eigenvalue weighted by atomic mass is 15.3. The van der Waals surface area contributed by atoms with Crippen molar-refractivity contribution in [2.75, 3.05) is 7.05 Å². The first-order valence-corrected chi connectivity index (χ1v) is 16.5. The summed E-state index contributed by atoms with van der Waals surface area (Å²) in [5, 5.41) is 8.54. The first kappa shape index (κ1) is 31.1. The zero-order valence-corrected chi connectivity index (χ0v) is 27.5. The summed E-state index contributed by atoms with van der Waals surface area (Å²) in [4.78, 5) is 0. The highest BCUT2D eigenvalue weighted by Crippen LogP contribution is 2.37. The molecule has 0 spiro atoms. The molecule has 0 fully saturated rings. The van der Waals surface area contributed by atoms with Crippen LogP contribution in [0.2, 0.25) is 0 Å². The van der Waals surface area contributed by atoms with Crippen molar-refractivity contribution >= 4 is 11.4 Å². The van der Waals surface area contributed by atoms with E-state index in [-0.39, 0.29) is 11.5 Å². The number of hydrogen-bond donors (Lipinski definition) is 2. The molecule has 0 amide bonds. The summed E-state index contributed by atoms with van der Waals surface area (Å²) in [5.74, 6) is 1.22. The van der Waals surface area contributed by atoms with Gasteiger partial charge in [-0.2, -0.15) is 5.10 Å². The number of nitrogens with one attached hydrogen (secondary N) is 2. The van der Waals surface area contributed by atoms with E-state index in [9.17, 15) is 0 Å². The third-order valence-electron chi connectivity index (χ3n) is 9.68. The van der Waals surface area contributed by atoms with Crippen LogP contribution in [0, 0.1) is 5.92 Å². The Morgan fingerprint density at radius 2 is 1.59 bits per heavy atom. The van der Waals surface area contributed by atoms with Gasteiger partial charge in [-0.15, -0.1) is 0 Å². The van der Waals surface area contributed by atoms with Gasteiger partial charge in [0.15, 0.2) is 5.84 Å². The second-order valence-corrected chi connectivity index (χ2v) is 12.9. The van der Waals surface area contributed by atoms with Crippen molar-refractivity contribution in [1.29, 1.82) is 0 Å². The lowest BCUT2D eigenvalue weighted by atomic mass is 9.72. The average Bonchev–Trinajstić information content (AvgIpc) is 3.15. The van der Waals surface area contributed by atoms with Crippen molar-refractivity contribution in [3.8, 4) is 11.1 Å². The minimum absolute atomic E-state index is 0.0323. The zero-order valence-electron chi connectivity index (χ0n) is 27.5. The van der Waals surface area contributed by atoms with Crippen LogP contribution in [0.15, 0.2) is 150 Å². The number of hydrazone groups is 1. The van der Waals surface area contributed by atoms with Gasteiger partial charge < -0.3 is 10.7 Å². The van der Waals surface area contributed by atoms with Crippen LogP contribution in [0.25, 0.3) is 16.7 Å². The van der Waals surface area contributed by atoms with Crippen molar-refractivity contribution in [3.05, 3.63) is 173 Å². The predicted octanol–water partition coefficient (Wildman–Crippen LogP) is 9.95. The molecule has 4 aromatic carbocycles. The molecule has 2 N–H and O–H groups in total. The summed E-state index contributed by atoms with van der Waals surface area (Å²) in [6.45, 7) is 7.07. The fraction of sp³-hybridized carbons (Fsp3) is 0.233. The van der Waals surface area contributed by atoms with Gasteiger partial charge in [0, 0.05) is 12.6 Å². The number of fused-ring (bicyclic) bond motifs is 1. The van der Waals surface area contributed by atoms with Crippen LogP contribution in [0.3, 0.4) is 0 Å². The minimum Gasteiger partial charge on any atom is -0.358 e. The Morgan fingerprint density at radius 3 is 2.37 bits per heavy atom. The van der Waals surface area contributed by atoms with Crippen molar-refractivity contribution in [2.24, 2.45) is 11.0 Å². The number of benzene rings is 4. The molecule has 3 heteroatoms. The van der Waals surface area contributed by atoms with Gasteiger partial charge in [0.1, 0.15) is 0 Å². The lowest BCUT2D eigenvalue weighted by Gasteiger charge is -2.32. The van der Waals surface area contributed by atoms with E-state index in [0.717, 1.165) is 36.2 Å². The van der Waals surface area contributed by atoms with Gasteiger partial charge in [0.2, 0.25) is 0 Å². The van der Waals surface area contributed by atoms with Gasteiger partial charge in [-0.05, 0) is 87.3 Å². The van der Waals surface area contributed by atoms with Crippen molar-refractivity contribution in [3.63, 3.8) is 0 Å². The molecule has 2 atom stereocenters. The van der Waals surface area contributed by atoms with Crippen molar-refractivity contribution < 1.29 is 0 Å². The normalized spacial score (nSPS) is 20.1. The molecule has 6 rings (SSSR count). The van der Waals surface area contributed by atoms with E-state index >= 15 is 0 Å². The Kier molecular flexibility index (Phi) is 9.49. The molecule has 0 heterocycles. The standard InChI is InChI=1S/C43H45N3/c1-31-25-26-32(27-28-33-15-11-12-24-40(33)43(31,2)3)36-20-13-21-37(29-36)38-22-14-23-39(30-38)42(46-44-4)45-41(34-16-7-5-8-17-34)35-18-9-6-10-19-35/h5-9,11-18,20-27,29-31,41,44H,10,19,28H2,1-4H3,(H,45,46)/b26-25-,32-27+. The molecule has 0 saturated carbocycles. The molecule has 232 valence electrons. The monoisotopic (exact) mass is 603 g/mol. The molecule has 2 aliphatic carbocycles. The Labute approximate surface area is 275 Å². The number of nitrogens with zero attached hydrogens (tertiary/aromatic N) is 1. The van der Waals surface area contributed by atoms with Gasteiger partial charge in [-0.1, -0.05) is 148 Å². The molecule has 0 aliphatic heterocycles. The highest BCUT2D eigenvalue weighted by Gasteiger charge is 2.29. The largest absolute Gasteiger partial charge is 0.358 e. The third-order valence-corrected chi connectivity index (χ3v) is 9.68. The summed E-state index contributed by atoms with van der Waals surface area (Å²) >= 11 is 0. The SMILES string of the molecule is CN/N=C(\NC(C1=CC=CCC1)c1ccccc1)c1cccc(-c2cccc(C3=C/Cc4ccccc4C(C)(C)C(C)/C=C\3)c2)c1. The predicted molar refractivity (Wildman–Crippen MR) is 196 cm³/mol. The van der Waals surface area contributed by atoms with E-state index in [1.165, 1.54) is 39.0 Å². The van der Waals surface area contributed by atoms with Gasteiger partial charge >= 0.3 is 0 Å². The zero-order chi connectivity index (χ0) is 31.9. The molecule has 0 radical (unpaired) electrons. The van der Waals surface area contributed by atoms with E-state index in [0.29, 0.717) is 5.92 Å². The van der Waals surface area contributed by atoms with Gasteiger partial charge in [-0.25, -0.2) is 0 Å². The Bertz CT molecular complexity index is 1820. The number of allylic oxidation sites excluding steroid dienone is 7. The number of hydrogen-bond acceptors (Lipinski definition) is 2. The Hall–Kier alpha value is -4.89. The first-order valence-electron chi connectivity index (χ1n) is 16.5. The van der Waals surface area contributed by atoms with E-state index in [1.807, 2.05) is 7.05 Å². The quantitative estimate of drug-likeness (QED) is 0.125. The molecule has 0 bridgehead atoms. The minimum atomic E-state index is 0.0323. The number of rotatable bonds is 7. The molecule has 0 saturated heterocycles. The molecule has 2 aliphatic rings. The summed E-state index contributed by atoms with van der Waals surface area (Å²) < 4.78 is 0. The van der Waals surface area contributed by atoms with Crippen LogP contribution in [0.5, 0.6) is 0 Å². The van der Waals surface area contributed by atoms with Gasteiger partial charge in [0.05, 0.1) is 6.04 Å². The summed E-state index contributed by atoms with van der Waals surface area (Å²) in [5.41, 5.74) is 14.4. The fourth-order valence-corrected chi connectivity index (χ4v) is 6.61. The molecular weight excluding hydrogens is 558 g/mol. The summed E-state index contributed by atoms with van der Waals surface area (Å²) in [6.07, 6.45) is 16.7. The third kappa shape index (κ3) is 6.84. The Balaban J connectivity index is 1.32. The van der Waals surface area contributed by atoms with Gasteiger partial charge in [0.25, 0.3) is 0 Å². The molecule has 0 aromatic heterocycles. The van der Waals surface area contributed by atoms with Crippen LogP contribution in [-0.2, 0) is 11.8 Å². The van der Waals surface area contributed by atoms with Crippen LogP contribution in [0.1, 0.15) is 67.5 Å². The Morgan fingerprint density at radius 1 is 0.848 bits per heavy atom. The van der Waals surface area contributed by atoms with Crippen molar-refractivity contribution in [1.82, 2.24) is 10.7 Å². The smallest absolute Gasteiger partial charge is 0.153 e. The summed E-state index contributed by atoms with van der Waals surface area (Å²) in [6, 6.07) is 37.3. The van der Waals surface area contributed by atoms with E-state index in [4.69, 9.17) is 5.10 Å². The van der Waals surface area contributed by atoms with Crippen molar-refractivity contribution in [2.45, 2.75) is 51.5 Å². The molecule has 46 heavy (non-hydrogen) atoms. The maximum Gasteiger partial charge on any atom is 0.153 e. The lowest BCUT2D eigenvalue weighted by molar-refractivity contribution is 0.407. The maximum absolute atomic E-state index is 4.74. The molecule has 3 nitrogen and oxygen atoms in total. The first-order chi connectivity index (χ1) is 22.4. The van der Waals surface area contributed by atoms with E-state index in [1.54, 1.807) is 0 Å². The second-order valence-electron chi connectivity index (χ2n) is 12.9. The average molecular weight is 604 g/mol.